The van der Waals surface area contributed by atoms with E-state index in [1.54, 1.807) is 13.1 Å². The Bertz CT molecular complexity index is 323. The van der Waals surface area contributed by atoms with Crippen molar-refractivity contribution in [2.45, 2.75) is 4.90 Å². The molecule has 0 saturated heterocycles. The first-order chi connectivity index (χ1) is 6.04. The van der Waals surface area contributed by atoms with Crippen molar-refractivity contribution in [1.82, 2.24) is 0 Å². The van der Waals surface area contributed by atoms with E-state index in [1.165, 1.54) is 4.90 Å². The highest BCUT2D eigenvalue weighted by Crippen LogP contribution is 2.31. The van der Waals surface area contributed by atoms with Crippen molar-refractivity contribution < 1.29 is 4.79 Å². The standard InChI is InChI=1S/C8H9BrN2OS/c1-11(8(10)12)7-5(9)3-2-4-6(7)13/h2-4,13H,1H3,(H2,10,12). The first-order valence-corrected chi connectivity index (χ1v) is 4.78. The molecule has 0 aliphatic carbocycles. The molecule has 0 saturated carbocycles. The maximum Gasteiger partial charge on any atom is 0.319 e. The van der Waals surface area contributed by atoms with E-state index in [9.17, 15) is 4.79 Å². The minimum atomic E-state index is -0.512. The highest BCUT2D eigenvalue weighted by molar-refractivity contribution is 9.10. The zero-order chi connectivity index (χ0) is 10.0. The quantitative estimate of drug-likeness (QED) is 0.748. The molecule has 0 aliphatic heterocycles. The highest BCUT2D eigenvalue weighted by atomic mass is 79.9. The van der Waals surface area contributed by atoms with Gasteiger partial charge in [-0.3, -0.25) is 4.90 Å². The van der Waals surface area contributed by atoms with E-state index in [2.05, 4.69) is 28.6 Å². The summed E-state index contributed by atoms with van der Waals surface area (Å²) in [5.41, 5.74) is 5.82. The van der Waals surface area contributed by atoms with E-state index in [4.69, 9.17) is 5.73 Å². The van der Waals surface area contributed by atoms with E-state index in [1.807, 2.05) is 12.1 Å². The fourth-order valence-corrected chi connectivity index (χ4v) is 2.09. The minimum Gasteiger partial charge on any atom is -0.351 e. The maximum absolute atomic E-state index is 10.9. The third kappa shape index (κ3) is 2.16. The van der Waals surface area contributed by atoms with Crippen LogP contribution in [0.5, 0.6) is 0 Å². The average Bonchev–Trinajstić information content (AvgIpc) is 2.03. The third-order valence-electron chi connectivity index (χ3n) is 1.63. The van der Waals surface area contributed by atoms with Crippen molar-refractivity contribution in [3.8, 4) is 0 Å². The number of halogens is 1. The number of carbonyl (C=O) groups is 1. The van der Waals surface area contributed by atoms with Gasteiger partial charge in [-0.05, 0) is 28.1 Å². The molecular weight excluding hydrogens is 252 g/mol. The van der Waals surface area contributed by atoms with Crippen molar-refractivity contribution in [2.24, 2.45) is 5.73 Å². The topological polar surface area (TPSA) is 46.3 Å². The number of nitrogens with two attached hydrogens (primary N) is 1. The molecule has 13 heavy (non-hydrogen) atoms. The number of anilines is 1. The smallest absolute Gasteiger partial charge is 0.319 e. The van der Waals surface area contributed by atoms with Crippen LogP contribution in [-0.2, 0) is 0 Å². The summed E-state index contributed by atoms with van der Waals surface area (Å²) in [7, 11) is 1.60. The molecule has 2 amide bonds. The number of urea groups is 1. The number of hydrogen-bond donors (Lipinski definition) is 2. The van der Waals surface area contributed by atoms with Crippen molar-refractivity contribution in [1.29, 1.82) is 0 Å². The number of nitrogens with zero attached hydrogens (tertiary/aromatic N) is 1. The molecule has 3 nitrogen and oxygen atoms in total. The third-order valence-corrected chi connectivity index (χ3v) is 2.63. The normalized spacial score (nSPS) is 9.77. The van der Waals surface area contributed by atoms with Gasteiger partial charge in [0.25, 0.3) is 0 Å². The fraction of sp³-hybridized carbons (Fsp3) is 0.125. The van der Waals surface area contributed by atoms with Gasteiger partial charge in [0.2, 0.25) is 0 Å². The number of primary amides is 1. The lowest BCUT2D eigenvalue weighted by atomic mass is 10.3. The Hall–Kier alpha value is -0.680. The summed E-state index contributed by atoms with van der Waals surface area (Å²) < 4.78 is 0.793. The largest absolute Gasteiger partial charge is 0.351 e. The van der Waals surface area contributed by atoms with Crippen molar-refractivity contribution in [3.63, 3.8) is 0 Å². The van der Waals surface area contributed by atoms with Gasteiger partial charge < -0.3 is 5.73 Å². The highest BCUT2D eigenvalue weighted by Gasteiger charge is 2.12. The SMILES string of the molecule is CN(C(N)=O)c1c(S)cccc1Br. The Morgan fingerprint density at radius 3 is 2.69 bits per heavy atom. The van der Waals surface area contributed by atoms with Crippen LogP contribution in [0.15, 0.2) is 27.6 Å². The lowest BCUT2D eigenvalue weighted by Crippen LogP contribution is -2.32. The Balaban J connectivity index is 3.20. The van der Waals surface area contributed by atoms with E-state index in [0.29, 0.717) is 10.6 Å². The second-order valence-corrected chi connectivity index (χ2v) is 3.84. The van der Waals surface area contributed by atoms with E-state index < -0.39 is 6.03 Å². The van der Waals surface area contributed by atoms with Crippen LogP contribution in [0.25, 0.3) is 0 Å². The summed E-state index contributed by atoms with van der Waals surface area (Å²) in [5.74, 6) is 0. The van der Waals surface area contributed by atoms with E-state index >= 15 is 0 Å². The molecule has 0 bridgehead atoms. The van der Waals surface area contributed by atoms with Crippen molar-refractivity contribution in [2.75, 3.05) is 11.9 Å². The monoisotopic (exact) mass is 260 g/mol. The molecule has 70 valence electrons. The Labute approximate surface area is 90.4 Å². The lowest BCUT2D eigenvalue weighted by molar-refractivity contribution is 0.255. The van der Waals surface area contributed by atoms with Crippen LogP contribution in [0.2, 0.25) is 0 Å². The van der Waals surface area contributed by atoms with Crippen LogP contribution >= 0.6 is 28.6 Å². The molecule has 0 heterocycles. The lowest BCUT2D eigenvalue weighted by Gasteiger charge is -2.17. The number of hydrogen-bond acceptors (Lipinski definition) is 2. The molecule has 0 radical (unpaired) electrons. The molecule has 1 aromatic rings. The summed E-state index contributed by atoms with van der Waals surface area (Å²) >= 11 is 7.54. The van der Waals surface area contributed by atoms with Gasteiger partial charge in [0.15, 0.2) is 0 Å². The van der Waals surface area contributed by atoms with Gasteiger partial charge in [0.1, 0.15) is 0 Å². The van der Waals surface area contributed by atoms with Crippen LogP contribution in [0.3, 0.4) is 0 Å². The summed E-state index contributed by atoms with van der Waals surface area (Å²) in [4.78, 5) is 12.9. The van der Waals surface area contributed by atoms with Gasteiger partial charge in [-0.15, -0.1) is 12.6 Å². The number of rotatable bonds is 1. The van der Waals surface area contributed by atoms with Gasteiger partial charge in [-0.1, -0.05) is 6.07 Å². The summed E-state index contributed by atoms with van der Waals surface area (Å²) in [6, 6.07) is 4.95. The molecule has 0 fully saturated rings. The van der Waals surface area contributed by atoms with Gasteiger partial charge in [-0.2, -0.15) is 0 Å². The summed E-state index contributed by atoms with van der Waals surface area (Å²) in [5, 5.41) is 0. The summed E-state index contributed by atoms with van der Waals surface area (Å²) in [6.45, 7) is 0. The summed E-state index contributed by atoms with van der Waals surface area (Å²) in [6.07, 6.45) is 0. The minimum absolute atomic E-state index is 0.512. The molecule has 0 atom stereocenters. The Kier molecular flexibility index (Phi) is 3.22. The van der Waals surface area contributed by atoms with Gasteiger partial charge in [0, 0.05) is 16.4 Å². The first kappa shape index (κ1) is 10.4. The number of carbonyl (C=O) groups excluding carboxylic acids is 1. The molecule has 5 heteroatoms. The second-order valence-electron chi connectivity index (χ2n) is 2.50. The molecule has 0 aliphatic rings. The van der Waals surface area contributed by atoms with Gasteiger partial charge in [-0.25, -0.2) is 4.79 Å². The zero-order valence-electron chi connectivity index (χ0n) is 6.99. The van der Waals surface area contributed by atoms with Crippen molar-refractivity contribution in [3.05, 3.63) is 22.7 Å². The molecule has 0 unspecified atom stereocenters. The predicted octanol–water partition coefficient (Wildman–Crippen LogP) is 2.25. The van der Waals surface area contributed by atoms with Crippen LogP contribution in [0, 0.1) is 0 Å². The average molecular weight is 261 g/mol. The maximum atomic E-state index is 10.9. The molecule has 1 aromatic carbocycles. The van der Waals surface area contributed by atoms with Crippen molar-refractivity contribution >= 4 is 40.3 Å². The predicted molar refractivity (Wildman–Crippen MR) is 59.4 cm³/mol. The number of benzene rings is 1. The van der Waals surface area contributed by atoms with Crippen LogP contribution in [0.1, 0.15) is 0 Å². The number of para-hydroxylation sites is 1. The molecule has 0 aromatic heterocycles. The van der Waals surface area contributed by atoms with Gasteiger partial charge in [0.05, 0.1) is 5.69 Å². The number of thiol groups is 1. The number of amides is 2. The second kappa shape index (κ2) is 4.02. The molecular formula is C8H9BrN2OS. The first-order valence-electron chi connectivity index (χ1n) is 3.54. The van der Waals surface area contributed by atoms with Gasteiger partial charge >= 0.3 is 6.03 Å². The van der Waals surface area contributed by atoms with Crippen LogP contribution < -0.4 is 10.6 Å². The van der Waals surface area contributed by atoms with E-state index in [-0.39, 0.29) is 0 Å². The van der Waals surface area contributed by atoms with Crippen LogP contribution in [0.4, 0.5) is 10.5 Å². The zero-order valence-corrected chi connectivity index (χ0v) is 9.47. The Morgan fingerprint density at radius 1 is 1.62 bits per heavy atom. The fourth-order valence-electron chi connectivity index (χ4n) is 0.946. The molecule has 0 spiro atoms. The van der Waals surface area contributed by atoms with Crippen LogP contribution in [-0.4, -0.2) is 13.1 Å². The molecule has 1 rings (SSSR count). The Morgan fingerprint density at radius 2 is 2.23 bits per heavy atom. The van der Waals surface area contributed by atoms with E-state index in [0.717, 1.165) is 4.47 Å². The molecule has 2 N–H and O–H groups in total.